The fourth-order valence-corrected chi connectivity index (χ4v) is 3.16. The first-order valence-corrected chi connectivity index (χ1v) is 8.81. The van der Waals surface area contributed by atoms with Gasteiger partial charge < -0.3 is 16.5 Å². The molecule has 0 fully saturated rings. The van der Waals surface area contributed by atoms with Gasteiger partial charge in [-0.3, -0.25) is 4.79 Å². The summed E-state index contributed by atoms with van der Waals surface area (Å²) in [5.41, 5.74) is 10.4. The lowest BCUT2D eigenvalue weighted by molar-refractivity contribution is -0.116. The van der Waals surface area contributed by atoms with Gasteiger partial charge in [0.1, 0.15) is 0 Å². The average Bonchev–Trinajstić information content (AvgIpc) is 2.66. The number of benzene rings is 3. The first-order chi connectivity index (χ1) is 12.6. The molecule has 0 saturated carbocycles. The molecule has 0 heterocycles. The van der Waals surface area contributed by atoms with E-state index in [2.05, 4.69) is 18.3 Å². The molecule has 0 aliphatic rings. The summed E-state index contributed by atoms with van der Waals surface area (Å²) in [4.78, 5) is 12.3. The Hall–Kier alpha value is -3.14. The monoisotopic (exact) mass is 345 g/mol. The topological polar surface area (TPSA) is 79.0 Å². The quantitative estimate of drug-likeness (QED) is 0.452. The van der Waals surface area contributed by atoms with Gasteiger partial charge in [-0.05, 0) is 46.9 Å². The lowest BCUT2D eigenvalue weighted by Crippen LogP contribution is -2.13. The highest BCUT2D eigenvalue weighted by Crippen LogP contribution is 2.24. The Bertz CT molecular complexity index is 963. The maximum atomic E-state index is 12.3. The van der Waals surface area contributed by atoms with E-state index in [0.717, 1.165) is 39.6 Å². The molecule has 0 unspecified atom stereocenters. The van der Waals surface area contributed by atoms with Gasteiger partial charge in [-0.25, -0.2) is 0 Å². The van der Waals surface area contributed by atoms with Crippen LogP contribution in [0.15, 0.2) is 54.6 Å². The second kappa shape index (κ2) is 7.83. The zero-order valence-corrected chi connectivity index (χ0v) is 14.9. The normalized spacial score (nSPS) is 10.7. The summed E-state index contributed by atoms with van der Waals surface area (Å²) in [5, 5.41) is 12.5. The summed E-state index contributed by atoms with van der Waals surface area (Å²) in [5.74, 6) is 0.0171. The molecule has 0 saturated heterocycles. The molecule has 26 heavy (non-hydrogen) atoms. The number of nitrogens with one attached hydrogen (secondary N) is 2. The Labute approximate surface area is 153 Å². The van der Waals surface area contributed by atoms with Gasteiger partial charge in [0.15, 0.2) is 0 Å². The molecule has 0 bridgehead atoms. The zero-order valence-electron chi connectivity index (χ0n) is 14.9. The van der Waals surface area contributed by atoms with E-state index in [1.807, 2.05) is 48.5 Å². The fourth-order valence-electron chi connectivity index (χ4n) is 3.16. The van der Waals surface area contributed by atoms with Gasteiger partial charge in [-0.1, -0.05) is 49.4 Å². The lowest BCUT2D eigenvalue weighted by Gasteiger charge is -2.10. The second-order valence-corrected chi connectivity index (χ2v) is 6.33. The largest absolute Gasteiger partial charge is 0.398 e. The van der Waals surface area contributed by atoms with Gasteiger partial charge in [0.05, 0.1) is 0 Å². The van der Waals surface area contributed by atoms with Crippen LogP contribution >= 0.6 is 0 Å². The highest BCUT2D eigenvalue weighted by atomic mass is 16.1. The fraction of sp³-hybridized carbons (Fsp3) is 0.182. The molecule has 0 aliphatic carbocycles. The van der Waals surface area contributed by atoms with Crippen molar-refractivity contribution >= 4 is 34.3 Å². The number of aryl methyl sites for hydroxylation is 2. The van der Waals surface area contributed by atoms with Crippen molar-refractivity contribution < 1.29 is 4.79 Å². The maximum absolute atomic E-state index is 12.3. The van der Waals surface area contributed by atoms with Gasteiger partial charge in [0.2, 0.25) is 5.91 Å². The van der Waals surface area contributed by atoms with Crippen molar-refractivity contribution in [3.8, 4) is 0 Å². The summed E-state index contributed by atoms with van der Waals surface area (Å²) >= 11 is 0. The van der Waals surface area contributed by atoms with E-state index in [4.69, 9.17) is 11.1 Å². The number of carbonyl (C=O) groups is 1. The lowest BCUT2D eigenvalue weighted by atomic mass is 9.99. The molecule has 4 heteroatoms. The van der Waals surface area contributed by atoms with Crippen LogP contribution in [0.1, 0.15) is 30.0 Å². The molecule has 0 aromatic heterocycles. The van der Waals surface area contributed by atoms with Crippen molar-refractivity contribution in [1.29, 1.82) is 5.41 Å². The van der Waals surface area contributed by atoms with Crippen LogP contribution in [0.4, 0.5) is 11.4 Å². The van der Waals surface area contributed by atoms with Gasteiger partial charge in [0.25, 0.3) is 0 Å². The van der Waals surface area contributed by atoms with Crippen molar-refractivity contribution in [3.63, 3.8) is 0 Å². The first-order valence-electron chi connectivity index (χ1n) is 8.81. The minimum atomic E-state index is 0.0171. The molecule has 132 valence electrons. The van der Waals surface area contributed by atoms with Crippen LogP contribution < -0.4 is 11.1 Å². The molecular formula is C22H23N3O. The van der Waals surface area contributed by atoms with Crippen LogP contribution in [0, 0.1) is 5.41 Å². The molecule has 0 aliphatic heterocycles. The van der Waals surface area contributed by atoms with Gasteiger partial charge in [-0.15, -0.1) is 0 Å². The van der Waals surface area contributed by atoms with E-state index in [1.54, 1.807) is 0 Å². The molecule has 3 rings (SSSR count). The predicted octanol–water partition coefficient (Wildman–Crippen LogP) is 4.55. The second-order valence-electron chi connectivity index (χ2n) is 6.33. The summed E-state index contributed by atoms with van der Waals surface area (Å²) in [6, 6.07) is 17.7. The van der Waals surface area contributed by atoms with E-state index < -0.39 is 0 Å². The van der Waals surface area contributed by atoms with Crippen molar-refractivity contribution in [1.82, 2.24) is 0 Å². The number of anilines is 2. The Morgan fingerprint density at radius 2 is 1.96 bits per heavy atom. The molecule has 4 nitrogen and oxygen atoms in total. The van der Waals surface area contributed by atoms with Crippen LogP contribution in [0.2, 0.25) is 0 Å². The summed E-state index contributed by atoms with van der Waals surface area (Å²) in [6.07, 6.45) is 3.27. The maximum Gasteiger partial charge on any atom is 0.224 e. The molecule has 1 amide bonds. The molecule has 3 aromatic carbocycles. The molecule has 3 aromatic rings. The first kappa shape index (κ1) is 17.7. The van der Waals surface area contributed by atoms with E-state index >= 15 is 0 Å². The highest BCUT2D eigenvalue weighted by Gasteiger charge is 2.08. The van der Waals surface area contributed by atoms with Crippen molar-refractivity contribution in [2.75, 3.05) is 11.1 Å². The van der Waals surface area contributed by atoms with Crippen molar-refractivity contribution in [2.45, 2.75) is 26.2 Å². The number of hydrogen-bond acceptors (Lipinski definition) is 3. The minimum Gasteiger partial charge on any atom is -0.398 e. The number of para-hydroxylation sites is 1. The van der Waals surface area contributed by atoms with Crippen molar-refractivity contribution in [2.24, 2.45) is 0 Å². The van der Waals surface area contributed by atoms with Crippen LogP contribution in [0.3, 0.4) is 0 Å². The summed E-state index contributed by atoms with van der Waals surface area (Å²) in [6.45, 7) is 2.08. The summed E-state index contributed by atoms with van der Waals surface area (Å²) < 4.78 is 0. The van der Waals surface area contributed by atoms with Gasteiger partial charge in [0, 0.05) is 29.6 Å². The highest BCUT2D eigenvalue weighted by molar-refractivity contribution is 6.04. The Morgan fingerprint density at radius 1 is 1.15 bits per heavy atom. The third kappa shape index (κ3) is 3.75. The minimum absolute atomic E-state index is 0.0171. The predicted molar refractivity (Wildman–Crippen MR) is 109 cm³/mol. The number of carbonyl (C=O) groups excluding carboxylic acids is 1. The smallest absolute Gasteiger partial charge is 0.224 e. The number of nitrogen functional groups attached to an aromatic ring is 1. The number of nitrogens with two attached hydrogens (primary N) is 1. The average molecular weight is 345 g/mol. The number of amides is 1. The van der Waals surface area contributed by atoms with E-state index in [0.29, 0.717) is 18.5 Å². The molecule has 0 atom stereocenters. The Morgan fingerprint density at radius 3 is 2.73 bits per heavy atom. The molecule has 0 radical (unpaired) electrons. The summed E-state index contributed by atoms with van der Waals surface area (Å²) in [7, 11) is 0. The van der Waals surface area contributed by atoms with E-state index in [1.165, 1.54) is 6.21 Å². The third-order valence-electron chi connectivity index (χ3n) is 4.62. The Kier molecular flexibility index (Phi) is 5.32. The van der Waals surface area contributed by atoms with E-state index in [-0.39, 0.29) is 5.91 Å². The van der Waals surface area contributed by atoms with Crippen LogP contribution in [-0.2, 0) is 17.6 Å². The molecular weight excluding hydrogens is 322 g/mol. The molecule has 4 N–H and O–H groups in total. The third-order valence-corrected chi connectivity index (χ3v) is 4.62. The SMILES string of the molecule is CCc1ccccc1NC(=O)CCc1ccc2c(C=N)c(N)ccc2c1. The van der Waals surface area contributed by atoms with E-state index in [9.17, 15) is 4.79 Å². The van der Waals surface area contributed by atoms with Gasteiger partial charge in [-0.2, -0.15) is 0 Å². The zero-order chi connectivity index (χ0) is 18.5. The van der Waals surface area contributed by atoms with Crippen LogP contribution in [-0.4, -0.2) is 12.1 Å². The van der Waals surface area contributed by atoms with Crippen LogP contribution in [0.25, 0.3) is 10.8 Å². The number of hydrogen-bond donors (Lipinski definition) is 3. The van der Waals surface area contributed by atoms with Crippen LogP contribution in [0.5, 0.6) is 0 Å². The number of rotatable bonds is 6. The Balaban J connectivity index is 1.70. The standard InChI is InChI=1S/C22H23N3O/c1-2-16-5-3-4-6-21(16)25-22(26)12-8-15-7-10-18-17(13-15)9-11-20(24)19(18)14-23/h3-7,9-11,13-14,23H,2,8,12,24H2,1H3,(H,25,26). The van der Waals surface area contributed by atoms with Crippen molar-refractivity contribution in [3.05, 3.63) is 71.3 Å². The molecule has 0 spiro atoms. The number of fused-ring (bicyclic) bond motifs is 1. The van der Waals surface area contributed by atoms with Gasteiger partial charge >= 0.3 is 0 Å².